The Balaban J connectivity index is 0.997. The Morgan fingerprint density at radius 2 is 0.471 bits per heavy atom. The van der Waals surface area contributed by atoms with E-state index in [0.29, 0.717) is 0 Å². The molecule has 0 aliphatic carbocycles. The highest BCUT2D eigenvalue weighted by atomic mass is 14.2. The summed E-state index contributed by atoms with van der Waals surface area (Å²) in [7, 11) is 0. The minimum absolute atomic E-state index is 1.21. The molecule has 0 nitrogen and oxygen atoms in total. The molecule has 0 spiro atoms. The van der Waals surface area contributed by atoms with Crippen LogP contribution in [-0.2, 0) is 0 Å². The fourth-order valence-corrected chi connectivity index (χ4v) is 11.5. The van der Waals surface area contributed by atoms with Crippen LogP contribution in [0.2, 0.25) is 0 Å². The van der Waals surface area contributed by atoms with Crippen LogP contribution in [0.15, 0.2) is 255 Å². The fraction of sp³-hybridized carbons (Fsp3) is 0. The van der Waals surface area contributed by atoms with Crippen molar-refractivity contribution < 1.29 is 0 Å². The van der Waals surface area contributed by atoms with Crippen molar-refractivity contribution in [3.8, 4) is 55.6 Å². The molecule has 0 heterocycles. The van der Waals surface area contributed by atoms with Gasteiger partial charge in [-0.2, -0.15) is 0 Å². The first kappa shape index (κ1) is 38.4. The van der Waals surface area contributed by atoms with Gasteiger partial charge in [0.25, 0.3) is 0 Å². The van der Waals surface area contributed by atoms with Gasteiger partial charge in [0.2, 0.25) is 0 Å². The van der Waals surface area contributed by atoms with E-state index in [1.807, 2.05) is 0 Å². The monoisotopic (exact) mass is 858 g/mol. The molecule has 0 amide bonds. The van der Waals surface area contributed by atoms with Gasteiger partial charge in [0.1, 0.15) is 0 Å². The summed E-state index contributed by atoms with van der Waals surface area (Å²) in [5.41, 5.74) is 12.4. The second-order valence-electron chi connectivity index (χ2n) is 18.3. The zero-order valence-electron chi connectivity index (χ0n) is 37.2. The van der Waals surface area contributed by atoms with Crippen LogP contribution in [0.3, 0.4) is 0 Å². The Morgan fingerprint density at radius 3 is 1.04 bits per heavy atom. The lowest BCUT2D eigenvalue weighted by atomic mass is 9.85. The summed E-state index contributed by atoms with van der Waals surface area (Å²) in [5.74, 6) is 0. The van der Waals surface area contributed by atoms with Gasteiger partial charge in [-0.15, -0.1) is 0 Å². The van der Waals surface area contributed by atoms with Gasteiger partial charge in [-0.1, -0.05) is 231 Å². The third-order valence-electron chi connectivity index (χ3n) is 14.6. The van der Waals surface area contributed by atoms with Gasteiger partial charge >= 0.3 is 0 Å². The zero-order chi connectivity index (χ0) is 44.7. The number of hydrogen-bond donors (Lipinski definition) is 0. The Labute approximate surface area is 394 Å². The minimum Gasteiger partial charge on any atom is -0.0616 e. The van der Waals surface area contributed by atoms with Gasteiger partial charge in [0.05, 0.1) is 0 Å². The first-order valence-corrected chi connectivity index (χ1v) is 23.7. The lowest BCUT2D eigenvalue weighted by Crippen LogP contribution is -1.91. The average Bonchev–Trinajstić information content (AvgIpc) is 3.41. The van der Waals surface area contributed by atoms with E-state index >= 15 is 0 Å². The molecule has 314 valence electrons. The Hall–Kier alpha value is -8.84. The second kappa shape index (κ2) is 15.4. The number of hydrogen-bond acceptors (Lipinski definition) is 0. The van der Waals surface area contributed by atoms with Crippen LogP contribution >= 0.6 is 0 Å². The van der Waals surface area contributed by atoms with Crippen molar-refractivity contribution >= 4 is 86.2 Å². The molecule has 0 saturated heterocycles. The van der Waals surface area contributed by atoms with E-state index in [0.717, 1.165) is 0 Å². The molecule has 68 heavy (non-hydrogen) atoms. The highest BCUT2D eigenvalue weighted by Gasteiger charge is 2.18. The maximum atomic E-state index is 2.47. The first-order chi connectivity index (χ1) is 33.7. The van der Waals surface area contributed by atoms with Gasteiger partial charge in [-0.05, 0) is 166 Å². The SMILES string of the molecule is c1ccc2c(-c3ccc(-c4ccc5c(c4)cc(-c4cc6ccccc6c6ccccc46)c4cc(-c6ccc(-c7cccc8ccccc78)c7ccccc67)ccc45)c4ccccc34)cccc2c1. The first-order valence-electron chi connectivity index (χ1n) is 23.7. The van der Waals surface area contributed by atoms with E-state index in [2.05, 4.69) is 255 Å². The number of rotatable bonds is 5. The van der Waals surface area contributed by atoms with E-state index in [1.165, 1.54) is 142 Å². The maximum Gasteiger partial charge on any atom is -0.00923 e. The van der Waals surface area contributed by atoms with Gasteiger partial charge < -0.3 is 0 Å². The minimum atomic E-state index is 1.21. The maximum absolute atomic E-state index is 2.47. The molecule has 0 fully saturated rings. The molecule has 0 radical (unpaired) electrons. The third-order valence-corrected chi connectivity index (χ3v) is 14.6. The van der Waals surface area contributed by atoms with E-state index in [9.17, 15) is 0 Å². The lowest BCUT2D eigenvalue weighted by Gasteiger charge is -2.18. The highest BCUT2D eigenvalue weighted by Crippen LogP contribution is 2.46. The van der Waals surface area contributed by atoms with Gasteiger partial charge in [-0.25, -0.2) is 0 Å². The molecule has 0 unspecified atom stereocenters. The van der Waals surface area contributed by atoms with E-state index < -0.39 is 0 Å². The summed E-state index contributed by atoms with van der Waals surface area (Å²) in [6, 6.07) is 94.9. The summed E-state index contributed by atoms with van der Waals surface area (Å²) in [5, 5.41) is 20.1. The molecular formula is C68H42. The molecule has 14 rings (SSSR count). The molecule has 0 aliphatic heterocycles. The van der Waals surface area contributed by atoms with Crippen molar-refractivity contribution in [2.24, 2.45) is 0 Å². The average molecular weight is 859 g/mol. The van der Waals surface area contributed by atoms with E-state index in [-0.39, 0.29) is 0 Å². The highest BCUT2D eigenvalue weighted by molar-refractivity contribution is 6.22. The topological polar surface area (TPSA) is 0 Å². The molecule has 0 saturated carbocycles. The molecule has 0 heteroatoms. The van der Waals surface area contributed by atoms with Gasteiger partial charge in [-0.3, -0.25) is 0 Å². The van der Waals surface area contributed by atoms with Crippen LogP contribution in [0.5, 0.6) is 0 Å². The van der Waals surface area contributed by atoms with Crippen molar-refractivity contribution in [2.45, 2.75) is 0 Å². The van der Waals surface area contributed by atoms with Crippen molar-refractivity contribution in [1.82, 2.24) is 0 Å². The third kappa shape index (κ3) is 6.01. The summed E-state index contributed by atoms with van der Waals surface area (Å²) >= 11 is 0. The zero-order valence-corrected chi connectivity index (χ0v) is 37.2. The Kier molecular flexibility index (Phi) is 8.69. The predicted octanol–water partition coefficient (Wildman–Crippen LogP) is 19.2. The van der Waals surface area contributed by atoms with Crippen LogP contribution < -0.4 is 0 Å². The molecule has 0 aliphatic rings. The molecular weight excluding hydrogens is 817 g/mol. The van der Waals surface area contributed by atoms with Crippen LogP contribution in [0, 0.1) is 0 Å². The fourth-order valence-electron chi connectivity index (χ4n) is 11.5. The van der Waals surface area contributed by atoms with Crippen LogP contribution in [0.1, 0.15) is 0 Å². The number of benzene rings is 14. The summed E-state index contributed by atoms with van der Waals surface area (Å²) in [6.07, 6.45) is 0. The predicted molar refractivity (Wildman–Crippen MR) is 294 cm³/mol. The molecule has 0 bridgehead atoms. The second-order valence-corrected chi connectivity index (χ2v) is 18.3. The quantitative estimate of drug-likeness (QED) is 0.151. The molecule has 0 N–H and O–H groups in total. The van der Waals surface area contributed by atoms with Crippen molar-refractivity contribution in [1.29, 1.82) is 0 Å². The number of fused-ring (bicyclic) bond motifs is 10. The Bertz CT molecular complexity index is 4370. The summed E-state index contributed by atoms with van der Waals surface area (Å²) < 4.78 is 0. The summed E-state index contributed by atoms with van der Waals surface area (Å²) in [6.45, 7) is 0. The molecule has 0 atom stereocenters. The van der Waals surface area contributed by atoms with Gasteiger partial charge in [0, 0.05) is 0 Å². The lowest BCUT2D eigenvalue weighted by molar-refractivity contribution is 1.65. The van der Waals surface area contributed by atoms with Crippen LogP contribution in [0.4, 0.5) is 0 Å². The standard InChI is InChI=1S/C68H42/c1-4-20-49-43(15-1)18-13-29-58(49)64-37-35-52(56-24-7-10-26-60(56)64)46-31-33-54-48(39-46)42-68(66-40-45-17-3-6-22-51(45)55-23-9-12-28-62(55)66)67-41-47(32-34-63(54)67)53-36-38-65(61-27-11-8-25-57(53)61)59-30-14-19-44-16-2-5-21-50(44)59/h1-42H. The largest absolute Gasteiger partial charge is 0.0616 e. The van der Waals surface area contributed by atoms with Crippen molar-refractivity contribution in [3.05, 3.63) is 255 Å². The van der Waals surface area contributed by atoms with Crippen molar-refractivity contribution in [2.75, 3.05) is 0 Å². The molecule has 14 aromatic carbocycles. The van der Waals surface area contributed by atoms with Gasteiger partial charge in [0.15, 0.2) is 0 Å². The van der Waals surface area contributed by atoms with Crippen LogP contribution in [0.25, 0.3) is 142 Å². The van der Waals surface area contributed by atoms with Crippen LogP contribution in [-0.4, -0.2) is 0 Å². The summed E-state index contributed by atoms with van der Waals surface area (Å²) in [4.78, 5) is 0. The normalized spacial score (nSPS) is 11.8. The van der Waals surface area contributed by atoms with E-state index in [4.69, 9.17) is 0 Å². The molecule has 14 aromatic rings. The smallest absolute Gasteiger partial charge is 0.00923 e. The van der Waals surface area contributed by atoms with Crippen molar-refractivity contribution in [3.63, 3.8) is 0 Å². The molecule has 0 aromatic heterocycles. The van der Waals surface area contributed by atoms with E-state index in [1.54, 1.807) is 0 Å². The Morgan fingerprint density at radius 1 is 0.132 bits per heavy atom.